The number of H-pyrrole nitrogens is 1. The average Bonchev–Trinajstić information content (AvgIpc) is 2.07. The highest BCUT2D eigenvalue weighted by molar-refractivity contribution is 14.1. The zero-order valence-electron chi connectivity index (χ0n) is 7.43. The van der Waals surface area contributed by atoms with Gasteiger partial charge in [0.05, 0.1) is 12.7 Å². The zero-order valence-corrected chi connectivity index (χ0v) is 11.7. The van der Waals surface area contributed by atoms with E-state index in [1.165, 1.54) is 4.98 Å². The first-order valence-corrected chi connectivity index (χ1v) is 5.87. The molecule has 0 unspecified atom stereocenters. The Labute approximate surface area is 117 Å². The van der Waals surface area contributed by atoms with Crippen LogP contribution in [0.2, 0.25) is 0 Å². The fourth-order valence-electron chi connectivity index (χ4n) is 1.00. The Morgan fingerprint density at radius 1 is 0.882 bits per heavy atom. The third-order valence-electron chi connectivity index (χ3n) is 1.66. The van der Waals surface area contributed by atoms with Crippen molar-refractivity contribution in [3.63, 3.8) is 0 Å². The zero-order chi connectivity index (χ0) is 13.6. The van der Waals surface area contributed by atoms with Crippen LogP contribution in [0.1, 0.15) is 11.3 Å². The number of pyridine rings is 1. The second-order valence-corrected chi connectivity index (χ2v) is 4.99. The van der Waals surface area contributed by atoms with E-state index < -0.39 is 36.3 Å². The maximum absolute atomic E-state index is 12.5. The summed E-state index contributed by atoms with van der Waals surface area (Å²) in [4.78, 5) is 12.4. The lowest BCUT2D eigenvalue weighted by atomic mass is 10.2. The van der Waals surface area contributed by atoms with Crippen LogP contribution in [-0.4, -0.2) is 4.98 Å². The molecule has 0 fully saturated rings. The van der Waals surface area contributed by atoms with E-state index in [0.29, 0.717) is 0 Å². The van der Waals surface area contributed by atoms with Crippen molar-refractivity contribution in [3.8, 4) is 0 Å². The van der Waals surface area contributed by atoms with Gasteiger partial charge in [-0.25, -0.2) is 0 Å². The van der Waals surface area contributed by atoms with E-state index in [0.717, 1.165) is 45.2 Å². The summed E-state index contributed by atoms with van der Waals surface area (Å²) in [5, 5.41) is 0. The molecular weight excluding hydrogens is 482 g/mol. The smallest absolute Gasteiger partial charge is 0.317 e. The van der Waals surface area contributed by atoms with Crippen LogP contribution in [-0.2, 0) is 12.4 Å². The molecule has 2 nitrogen and oxygen atoms in total. The summed E-state index contributed by atoms with van der Waals surface area (Å²) in [6, 6.07) is 0. The van der Waals surface area contributed by atoms with Crippen molar-refractivity contribution in [3.05, 3.63) is 28.8 Å². The second kappa shape index (κ2) is 4.59. The minimum absolute atomic E-state index is 0.812. The number of rotatable bonds is 0. The Balaban J connectivity index is 3.74. The number of alkyl halides is 6. The van der Waals surface area contributed by atoms with Crippen molar-refractivity contribution < 1.29 is 26.3 Å². The molecule has 0 radical (unpaired) electrons. The molecule has 1 N–H and O–H groups in total. The number of hydrogen-bond donors (Lipinski definition) is 1. The van der Waals surface area contributed by atoms with Crippen molar-refractivity contribution in [2.24, 2.45) is 0 Å². The van der Waals surface area contributed by atoms with E-state index in [1.54, 1.807) is 0 Å². The van der Waals surface area contributed by atoms with Crippen LogP contribution in [0.15, 0.2) is 4.79 Å². The fourth-order valence-corrected chi connectivity index (χ4v) is 3.24. The SMILES string of the molecule is O=c1[nH]c(C(F)(F)F)c(I)c(C(F)(F)F)c1I. The molecule has 0 atom stereocenters. The van der Waals surface area contributed by atoms with E-state index in [-0.39, 0.29) is 0 Å². The lowest BCUT2D eigenvalue weighted by Crippen LogP contribution is -2.26. The highest BCUT2D eigenvalue weighted by Crippen LogP contribution is 2.39. The number of aromatic nitrogens is 1. The monoisotopic (exact) mass is 483 g/mol. The molecule has 0 bridgehead atoms. The van der Waals surface area contributed by atoms with Gasteiger partial charge in [-0.15, -0.1) is 0 Å². The Hall–Kier alpha value is -0.0100. The minimum atomic E-state index is -5.04. The van der Waals surface area contributed by atoms with Gasteiger partial charge in [0.1, 0.15) is 5.69 Å². The summed E-state index contributed by atoms with van der Waals surface area (Å²) in [6.07, 6.45) is -10.1. The first-order valence-electron chi connectivity index (χ1n) is 3.72. The summed E-state index contributed by atoms with van der Waals surface area (Å²) >= 11 is 1.98. The molecule has 96 valence electrons. The van der Waals surface area contributed by atoms with Gasteiger partial charge in [-0.2, -0.15) is 26.3 Å². The molecule has 17 heavy (non-hydrogen) atoms. The molecule has 10 heteroatoms. The van der Waals surface area contributed by atoms with Crippen LogP contribution in [0, 0.1) is 7.14 Å². The molecule has 1 rings (SSSR count). The van der Waals surface area contributed by atoms with Crippen LogP contribution in [0.3, 0.4) is 0 Å². The van der Waals surface area contributed by atoms with E-state index in [1.807, 2.05) is 0 Å². The third-order valence-corrected chi connectivity index (χ3v) is 3.77. The van der Waals surface area contributed by atoms with Crippen LogP contribution >= 0.6 is 45.2 Å². The largest absolute Gasteiger partial charge is 0.432 e. The topological polar surface area (TPSA) is 32.9 Å². The van der Waals surface area contributed by atoms with E-state index in [2.05, 4.69) is 0 Å². The maximum atomic E-state index is 12.5. The van der Waals surface area contributed by atoms with Gasteiger partial charge in [0.15, 0.2) is 0 Å². The fraction of sp³-hybridized carbons (Fsp3) is 0.286. The first kappa shape index (κ1) is 15.0. The van der Waals surface area contributed by atoms with Gasteiger partial charge in [-0.3, -0.25) is 4.79 Å². The van der Waals surface area contributed by atoms with Crippen LogP contribution in [0.5, 0.6) is 0 Å². The molecule has 0 aliphatic heterocycles. The predicted octanol–water partition coefficient (Wildman–Crippen LogP) is 3.62. The predicted molar refractivity (Wildman–Crippen MR) is 62.5 cm³/mol. The second-order valence-electron chi connectivity index (χ2n) is 2.83. The van der Waals surface area contributed by atoms with Crippen molar-refractivity contribution >= 4 is 45.2 Å². The highest BCUT2D eigenvalue weighted by Gasteiger charge is 2.43. The molecule has 1 aromatic heterocycles. The number of hydrogen-bond acceptors (Lipinski definition) is 1. The summed E-state index contributed by atoms with van der Waals surface area (Å²) in [6.45, 7) is 0. The van der Waals surface area contributed by atoms with Crippen LogP contribution in [0.4, 0.5) is 26.3 Å². The minimum Gasteiger partial charge on any atom is -0.317 e. The number of aromatic amines is 1. The molecule has 1 heterocycles. The van der Waals surface area contributed by atoms with E-state index in [9.17, 15) is 31.1 Å². The Morgan fingerprint density at radius 3 is 1.71 bits per heavy atom. The molecule has 0 spiro atoms. The van der Waals surface area contributed by atoms with Crippen LogP contribution in [0.25, 0.3) is 0 Å². The van der Waals surface area contributed by atoms with Gasteiger partial charge >= 0.3 is 12.4 Å². The van der Waals surface area contributed by atoms with Crippen molar-refractivity contribution in [2.45, 2.75) is 12.4 Å². The third kappa shape index (κ3) is 3.06. The standard InChI is InChI=1S/C7HF6I2NO/c8-6(9,10)1-2(14)4(7(11,12)13)16-5(17)3(1)15/h(H,16,17). The summed E-state index contributed by atoms with van der Waals surface area (Å²) in [7, 11) is 0. The highest BCUT2D eigenvalue weighted by atomic mass is 127. The van der Waals surface area contributed by atoms with Crippen molar-refractivity contribution in [1.82, 2.24) is 4.98 Å². The molecule has 0 aliphatic rings. The normalized spacial score (nSPS) is 12.9. The molecule has 0 saturated heterocycles. The molecular formula is C7HF6I2NO. The van der Waals surface area contributed by atoms with Gasteiger partial charge in [0.25, 0.3) is 5.56 Å². The Bertz CT molecular complexity index is 503. The van der Waals surface area contributed by atoms with Crippen LogP contribution < -0.4 is 5.56 Å². The van der Waals surface area contributed by atoms with Gasteiger partial charge in [0, 0.05) is 0 Å². The van der Waals surface area contributed by atoms with E-state index >= 15 is 0 Å². The quantitative estimate of drug-likeness (QED) is 0.445. The van der Waals surface area contributed by atoms with Gasteiger partial charge in [-0.1, -0.05) is 0 Å². The van der Waals surface area contributed by atoms with Gasteiger partial charge in [-0.05, 0) is 45.2 Å². The number of nitrogens with one attached hydrogen (secondary N) is 1. The maximum Gasteiger partial charge on any atom is 0.432 e. The summed E-state index contributed by atoms with van der Waals surface area (Å²) in [5.41, 5.74) is -4.66. The van der Waals surface area contributed by atoms with E-state index in [4.69, 9.17) is 0 Å². The molecule has 0 amide bonds. The summed E-state index contributed by atoms with van der Waals surface area (Å²) in [5.74, 6) is 0. The number of halogens is 8. The summed E-state index contributed by atoms with van der Waals surface area (Å²) < 4.78 is 72.9. The average molecular weight is 483 g/mol. The lowest BCUT2D eigenvalue weighted by Gasteiger charge is -2.15. The van der Waals surface area contributed by atoms with Crippen molar-refractivity contribution in [1.29, 1.82) is 0 Å². The Kier molecular flexibility index (Phi) is 4.06. The first-order chi connectivity index (χ1) is 7.46. The lowest BCUT2D eigenvalue weighted by molar-refractivity contribution is -0.147. The Morgan fingerprint density at radius 2 is 1.35 bits per heavy atom. The van der Waals surface area contributed by atoms with Gasteiger partial charge in [0.2, 0.25) is 0 Å². The van der Waals surface area contributed by atoms with Gasteiger partial charge < -0.3 is 4.98 Å². The molecule has 0 aliphatic carbocycles. The van der Waals surface area contributed by atoms with Crippen molar-refractivity contribution in [2.75, 3.05) is 0 Å². The molecule has 0 saturated carbocycles. The molecule has 1 aromatic rings. The molecule has 0 aromatic carbocycles.